The fraction of sp³-hybridized carbons (Fsp3) is 0.500. The third-order valence-corrected chi connectivity index (χ3v) is 7.28. The van der Waals surface area contributed by atoms with Crippen LogP contribution in [-0.2, 0) is 26.7 Å². The maximum atomic E-state index is 11.9. The largest absolute Gasteiger partial charge is 0.457 e. The first-order chi connectivity index (χ1) is 15.6. The van der Waals surface area contributed by atoms with Crippen molar-refractivity contribution in [2.75, 3.05) is 0 Å². The standard InChI is InChI=1S/C24H34O7S2/c1-2-3-4-5-6-7-8-9-10-11-12-20-13-14-22(19-24(20)33(28,29)30)31-21-15-17-23(18-16-21)32(25,26)27/h13-19H,2-12H2,1H3,(H,25,26,27)(H,28,29,30). The van der Waals surface area contributed by atoms with Gasteiger partial charge in [-0.3, -0.25) is 9.11 Å². The van der Waals surface area contributed by atoms with Crippen LogP contribution in [0.2, 0.25) is 0 Å². The van der Waals surface area contributed by atoms with E-state index in [-0.39, 0.29) is 21.3 Å². The first-order valence-corrected chi connectivity index (χ1v) is 14.3. The molecule has 0 saturated carbocycles. The van der Waals surface area contributed by atoms with E-state index in [4.69, 9.17) is 9.29 Å². The lowest BCUT2D eigenvalue weighted by Crippen LogP contribution is -2.04. The molecule has 0 saturated heterocycles. The molecule has 0 atom stereocenters. The molecule has 9 heteroatoms. The summed E-state index contributed by atoms with van der Waals surface area (Å²) in [5, 5.41) is 0. The molecule has 0 heterocycles. The van der Waals surface area contributed by atoms with E-state index in [1.807, 2.05) is 0 Å². The highest BCUT2D eigenvalue weighted by atomic mass is 32.2. The minimum Gasteiger partial charge on any atom is -0.457 e. The molecule has 2 aromatic carbocycles. The Hall–Kier alpha value is -1.94. The van der Waals surface area contributed by atoms with E-state index in [1.165, 1.54) is 75.3 Å². The third-order valence-electron chi connectivity index (χ3n) is 5.47. The highest BCUT2D eigenvalue weighted by molar-refractivity contribution is 7.86. The Morgan fingerprint density at radius 2 is 1.18 bits per heavy atom. The van der Waals surface area contributed by atoms with Crippen molar-refractivity contribution in [1.82, 2.24) is 0 Å². The minimum atomic E-state index is -4.43. The SMILES string of the molecule is CCCCCCCCCCCCc1ccc(Oc2ccc(S(=O)(=O)O)cc2)cc1S(=O)(=O)O. The topological polar surface area (TPSA) is 118 Å². The van der Waals surface area contributed by atoms with Crippen LogP contribution in [0.1, 0.15) is 76.7 Å². The quantitative estimate of drug-likeness (QED) is 0.214. The average molecular weight is 499 g/mol. The van der Waals surface area contributed by atoms with Crippen LogP contribution in [0.3, 0.4) is 0 Å². The van der Waals surface area contributed by atoms with E-state index >= 15 is 0 Å². The summed E-state index contributed by atoms with van der Waals surface area (Å²) in [5.74, 6) is 0.445. The maximum Gasteiger partial charge on any atom is 0.294 e. The Labute approximate surface area is 197 Å². The van der Waals surface area contributed by atoms with Gasteiger partial charge in [0.2, 0.25) is 0 Å². The molecule has 2 rings (SSSR count). The monoisotopic (exact) mass is 498 g/mol. The Kier molecular flexibility index (Phi) is 10.8. The molecule has 0 radical (unpaired) electrons. The molecule has 0 aliphatic carbocycles. The van der Waals surface area contributed by atoms with Crippen LogP contribution in [0.25, 0.3) is 0 Å². The van der Waals surface area contributed by atoms with Crippen molar-refractivity contribution in [1.29, 1.82) is 0 Å². The van der Waals surface area contributed by atoms with E-state index < -0.39 is 20.2 Å². The van der Waals surface area contributed by atoms with Crippen LogP contribution in [0.5, 0.6) is 11.5 Å². The summed E-state index contributed by atoms with van der Waals surface area (Å²) in [7, 11) is -8.74. The van der Waals surface area contributed by atoms with Crippen molar-refractivity contribution < 1.29 is 30.7 Å². The van der Waals surface area contributed by atoms with Gasteiger partial charge in [0, 0.05) is 6.07 Å². The molecule has 184 valence electrons. The van der Waals surface area contributed by atoms with E-state index in [9.17, 15) is 21.4 Å². The number of aryl methyl sites for hydroxylation is 1. The molecule has 0 unspecified atom stereocenters. The zero-order chi connectivity index (χ0) is 24.3. The van der Waals surface area contributed by atoms with Crippen LogP contribution < -0.4 is 4.74 Å². The molecule has 0 aliphatic rings. The molecular weight excluding hydrogens is 464 g/mol. The van der Waals surface area contributed by atoms with Gasteiger partial charge in [-0.25, -0.2) is 0 Å². The Morgan fingerprint density at radius 1 is 0.667 bits per heavy atom. The molecule has 0 spiro atoms. The second-order valence-corrected chi connectivity index (χ2v) is 11.0. The van der Waals surface area contributed by atoms with Gasteiger partial charge in [0.1, 0.15) is 16.4 Å². The zero-order valence-corrected chi connectivity index (χ0v) is 20.7. The van der Waals surface area contributed by atoms with Crippen molar-refractivity contribution in [3.8, 4) is 11.5 Å². The smallest absolute Gasteiger partial charge is 0.294 e. The third kappa shape index (κ3) is 9.83. The molecule has 0 amide bonds. The van der Waals surface area contributed by atoms with E-state index in [0.717, 1.165) is 19.3 Å². The minimum absolute atomic E-state index is 0.189. The number of unbranched alkanes of at least 4 members (excludes halogenated alkanes) is 9. The summed E-state index contributed by atoms with van der Waals surface area (Å²) in [4.78, 5) is -0.467. The number of rotatable bonds is 15. The van der Waals surface area contributed by atoms with Gasteiger partial charge in [-0.2, -0.15) is 16.8 Å². The predicted molar refractivity (Wildman–Crippen MR) is 128 cm³/mol. The summed E-state index contributed by atoms with van der Waals surface area (Å²) < 4.78 is 70.3. The molecule has 0 aromatic heterocycles. The van der Waals surface area contributed by atoms with Crippen LogP contribution in [-0.4, -0.2) is 25.9 Å². The molecule has 7 nitrogen and oxygen atoms in total. The van der Waals surface area contributed by atoms with Gasteiger partial charge in [0.05, 0.1) is 4.90 Å². The Morgan fingerprint density at radius 3 is 1.70 bits per heavy atom. The molecule has 2 aromatic rings. The normalized spacial score (nSPS) is 12.1. The van der Waals surface area contributed by atoms with Gasteiger partial charge < -0.3 is 4.74 Å². The highest BCUT2D eigenvalue weighted by Gasteiger charge is 2.17. The molecule has 0 aliphatic heterocycles. The highest BCUT2D eigenvalue weighted by Crippen LogP contribution is 2.28. The number of hydrogen-bond donors (Lipinski definition) is 2. The van der Waals surface area contributed by atoms with Gasteiger partial charge in [-0.1, -0.05) is 70.8 Å². The summed E-state index contributed by atoms with van der Waals surface area (Å²) in [6.07, 6.45) is 12.3. The number of ether oxygens (including phenoxy) is 1. The van der Waals surface area contributed by atoms with Gasteiger partial charge in [-0.05, 0) is 48.7 Å². The van der Waals surface area contributed by atoms with Gasteiger partial charge in [0.15, 0.2) is 0 Å². The van der Waals surface area contributed by atoms with Crippen LogP contribution in [0.4, 0.5) is 0 Å². The van der Waals surface area contributed by atoms with Crippen molar-refractivity contribution in [2.24, 2.45) is 0 Å². The molecule has 33 heavy (non-hydrogen) atoms. The Bertz CT molecular complexity index is 1080. The predicted octanol–water partition coefficient (Wildman–Crippen LogP) is 6.44. The first kappa shape index (κ1) is 27.3. The number of hydrogen-bond acceptors (Lipinski definition) is 5. The van der Waals surface area contributed by atoms with Crippen molar-refractivity contribution in [2.45, 2.75) is 87.3 Å². The fourth-order valence-electron chi connectivity index (χ4n) is 3.66. The second-order valence-electron chi connectivity index (χ2n) is 8.23. The molecule has 0 bridgehead atoms. The molecular formula is C24H34O7S2. The van der Waals surface area contributed by atoms with E-state index in [1.54, 1.807) is 12.1 Å². The average Bonchev–Trinajstić information content (AvgIpc) is 2.75. The summed E-state index contributed by atoms with van der Waals surface area (Å²) in [5.41, 5.74) is 0.533. The molecule has 2 N–H and O–H groups in total. The van der Waals surface area contributed by atoms with Crippen LogP contribution >= 0.6 is 0 Å². The lowest BCUT2D eigenvalue weighted by atomic mass is 10.0. The fourth-order valence-corrected chi connectivity index (χ4v) is 4.91. The maximum absolute atomic E-state index is 11.9. The number of benzene rings is 2. The first-order valence-electron chi connectivity index (χ1n) is 11.5. The van der Waals surface area contributed by atoms with Crippen LogP contribution in [0.15, 0.2) is 52.3 Å². The Balaban J connectivity index is 1.91. The van der Waals surface area contributed by atoms with E-state index in [2.05, 4.69) is 6.92 Å². The van der Waals surface area contributed by atoms with E-state index in [0.29, 0.717) is 12.0 Å². The lowest BCUT2D eigenvalue weighted by molar-refractivity contribution is 0.468. The summed E-state index contributed by atoms with van der Waals surface area (Å²) in [6, 6.07) is 9.52. The van der Waals surface area contributed by atoms with Crippen molar-refractivity contribution >= 4 is 20.2 Å². The van der Waals surface area contributed by atoms with Crippen molar-refractivity contribution in [3.05, 3.63) is 48.0 Å². The van der Waals surface area contributed by atoms with Gasteiger partial charge in [0.25, 0.3) is 20.2 Å². The lowest BCUT2D eigenvalue weighted by Gasteiger charge is -2.11. The van der Waals surface area contributed by atoms with Crippen molar-refractivity contribution in [3.63, 3.8) is 0 Å². The summed E-state index contributed by atoms with van der Waals surface area (Å²) in [6.45, 7) is 2.21. The molecule has 0 fully saturated rings. The van der Waals surface area contributed by atoms with Gasteiger partial charge >= 0.3 is 0 Å². The summed E-state index contributed by atoms with van der Waals surface area (Å²) >= 11 is 0. The second kappa shape index (κ2) is 13.1. The zero-order valence-electron chi connectivity index (χ0n) is 19.1. The van der Waals surface area contributed by atoms with Crippen LogP contribution in [0, 0.1) is 0 Å². The van der Waals surface area contributed by atoms with Gasteiger partial charge in [-0.15, -0.1) is 0 Å².